The zero-order valence-electron chi connectivity index (χ0n) is 19.8. The summed E-state index contributed by atoms with van der Waals surface area (Å²) in [7, 11) is 1.65. The lowest BCUT2D eigenvalue weighted by molar-refractivity contribution is 0.102. The Labute approximate surface area is 204 Å². The third-order valence-corrected chi connectivity index (χ3v) is 6.65. The van der Waals surface area contributed by atoms with Gasteiger partial charge in [0.1, 0.15) is 10.8 Å². The van der Waals surface area contributed by atoms with Gasteiger partial charge < -0.3 is 15.4 Å². The Bertz CT molecular complexity index is 1250. The first-order chi connectivity index (χ1) is 16.5. The molecule has 2 N–H and O–H groups in total. The first-order valence-corrected chi connectivity index (χ1v) is 12.0. The minimum absolute atomic E-state index is 0.137. The second kappa shape index (κ2) is 10.5. The van der Waals surface area contributed by atoms with Crippen molar-refractivity contribution >= 4 is 28.2 Å². The maximum absolute atomic E-state index is 13.0. The summed E-state index contributed by atoms with van der Waals surface area (Å²) in [6, 6.07) is 21.0. The molecule has 0 unspecified atom stereocenters. The molecule has 174 valence electrons. The molecule has 0 fully saturated rings. The molecule has 34 heavy (non-hydrogen) atoms. The van der Waals surface area contributed by atoms with E-state index in [4.69, 9.17) is 4.74 Å². The number of aromatic nitrogens is 2. The second-order valence-corrected chi connectivity index (χ2v) is 9.13. The van der Waals surface area contributed by atoms with E-state index in [1.807, 2.05) is 74.5 Å². The van der Waals surface area contributed by atoms with E-state index >= 15 is 0 Å². The summed E-state index contributed by atoms with van der Waals surface area (Å²) < 4.78 is 5.35. The molecule has 0 bridgehead atoms. The molecule has 6 nitrogen and oxygen atoms in total. The monoisotopic (exact) mass is 472 g/mol. The number of carbonyl (C=O) groups excluding carboxylic acids is 1. The van der Waals surface area contributed by atoms with Crippen molar-refractivity contribution in [3.05, 3.63) is 99.7 Å². The number of nitrogens with zero attached hydrogens (tertiary/aromatic N) is 2. The number of ether oxygens (including phenoxy) is 1. The van der Waals surface area contributed by atoms with E-state index in [-0.39, 0.29) is 11.9 Å². The number of hydrogen-bond donors (Lipinski definition) is 2. The number of carbonyl (C=O) groups is 1. The van der Waals surface area contributed by atoms with Crippen LogP contribution in [0.5, 0.6) is 5.75 Å². The van der Waals surface area contributed by atoms with Gasteiger partial charge in [-0.05, 0) is 62.2 Å². The van der Waals surface area contributed by atoms with Crippen LogP contribution in [0.25, 0.3) is 0 Å². The highest BCUT2D eigenvalue weighted by Gasteiger charge is 2.23. The molecule has 0 spiro atoms. The average Bonchev–Trinajstić information content (AvgIpc) is 3.25. The lowest BCUT2D eigenvalue weighted by Crippen LogP contribution is -2.18. The van der Waals surface area contributed by atoms with Crippen LogP contribution >= 0.6 is 11.3 Å². The summed E-state index contributed by atoms with van der Waals surface area (Å²) in [6.07, 6.45) is 0.869. The molecule has 4 rings (SSSR count). The van der Waals surface area contributed by atoms with Gasteiger partial charge in [0.05, 0.1) is 13.2 Å². The minimum Gasteiger partial charge on any atom is -0.497 e. The summed E-state index contributed by atoms with van der Waals surface area (Å²) in [5.41, 5.74) is 4.38. The van der Waals surface area contributed by atoms with Gasteiger partial charge in [-0.25, -0.2) is 9.97 Å². The van der Waals surface area contributed by atoms with E-state index in [1.165, 1.54) is 4.88 Å². The van der Waals surface area contributed by atoms with Crippen LogP contribution in [-0.2, 0) is 6.42 Å². The molecule has 0 aliphatic carbocycles. The fourth-order valence-electron chi connectivity index (χ4n) is 3.77. The van der Waals surface area contributed by atoms with Gasteiger partial charge >= 0.3 is 0 Å². The van der Waals surface area contributed by atoms with Gasteiger partial charge in [0, 0.05) is 27.4 Å². The number of hydrogen-bond acceptors (Lipinski definition) is 6. The Morgan fingerprint density at radius 3 is 2.29 bits per heavy atom. The lowest BCUT2D eigenvalue weighted by Gasteiger charge is -2.21. The molecule has 0 aliphatic heterocycles. The first-order valence-electron chi connectivity index (χ1n) is 11.2. The van der Waals surface area contributed by atoms with Crippen LogP contribution in [0.3, 0.4) is 0 Å². The highest BCUT2D eigenvalue weighted by Crippen LogP contribution is 2.38. The minimum atomic E-state index is -0.269. The fraction of sp³-hybridized carbons (Fsp3) is 0.222. The van der Waals surface area contributed by atoms with Crippen molar-refractivity contribution in [3.63, 3.8) is 0 Å². The van der Waals surface area contributed by atoms with Gasteiger partial charge in [-0.1, -0.05) is 37.3 Å². The molecule has 1 atom stereocenters. The highest BCUT2D eigenvalue weighted by molar-refractivity contribution is 7.16. The molecule has 0 saturated heterocycles. The Hall–Kier alpha value is -3.71. The zero-order valence-corrected chi connectivity index (χ0v) is 20.6. The quantitative estimate of drug-likeness (QED) is 0.320. The van der Waals surface area contributed by atoms with Crippen LogP contribution in [0.15, 0.2) is 66.7 Å². The van der Waals surface area contributed by atoms with Crippen molar-refractivity contribution in [2.45, 2.75) is 33.2 Å². The van der Waals surface area contributed by atoms with E-state index in [2.05, 4.69) is 33.6 Å². The Balaban J connectivity index is 1.76. The predicted molar refractivity (Wildman–Crippen MR) is 138 cm³/mol. The number of thiophene rings is 1. The molecule has 0 radical (unpaired) electrons. The van der Waals surface area contributed by atoms with Gasteiger partial charge in [0.2, 0.25) is 5.95 Å². The molecule has 7 heteroatoms. The van der Waals surface area contributed by atoms with Crippen molar-refractivity contribution in [1.82, 2.24) is 9.97 Å². The lowest BCUT2D eigenvalue weighted by atomic mass is 9.99. The molecule has 2 aromatic carbocycles. The number of benzene rings is 2. The fourth-order valence-corrected chi connectivity index (χ4v) is 4.80. The van der Waals surface area contributed by atoms with Gasteiger partial charge in [0.25, 0.3) is 5.91 Å². The molecular weight excluding hydrogens is 444 g/mol. The molecule has 2 heterocycles. The molecule has 1 amide bonds. The molecule has 0 aliphatic rings. The normalized spacial score (nSPS) is 11.6. The van der Waals surface area contributed by atoms with Gasteiger partial charge in [-0.15, -0.1) is 11.3 Å². The molecular formula is C27H28N4O2S. The van der Waals surface area contributed by atoms with Crippen molar-refractivity contribution in [1.29, 1.82) is 0 Å². The summed E-state index contributed by atoms with van der Waals surface area (Å²) in [5, 5.41) is 7.46. The third-order valence-electron chi connectivity index (χ3n) is 5.44. The number of aryl methyl sites for hydroxylation is 3. The number of nitrogens with one attached hydrogen (secondary N) is 2. The van der Waals surface area contributed by atoms with E-state index in [0.29, 0.717) is 11.5 Å². The van der Waals surface area contributed by atoms with Crippen LogP contribution in [0.1, 0.15) is 50.7 Å². The smallest absolute Gasteiger partial charge is 0.256 e. The summed E-state index contributed by atoms with van der Waals surface area (Å²) in [5.74, 6) is 1.19. The van der Waals surface area contributed by atoms with Gasteiger partial charge in [-0.3, -0.25) is 4.79 Å². The van der Waals surface area contributed by atoms with Crippen molar-refractivity contribution in [2.24, 2.45) is 0 Å². The standard InChI is InChI=1S/C27H28N4O2S/c1-5-22-16-23(26(34-22)31-25(32)20-9-7-6-8-10-20)24(19-11-13-21(33-4)14-12-19)30-27-28-17(2)15-18(3)29-27/h6-16,24H,5H2,1-4H3,(H,31,32)(H,28,29,30)/t24-/m0/s1. The SMILES string of the molecule is CCc1cc([C@@H](Nc2nc(C)cc(C)n2)c2ccc(OC)cc2)c(NC(=O)c2ccccc2)s1. The predicted octanol–water partition coefficient (Wildman–Crippen LogP) is 6.18. The van der Waals surface area contributed by atoms with E-state index in [0.717, 1.165) is 39.7 Å². The third kappa shape index (κ3) is 5.43. The van der Waals surface area contributed by atoms with Gasteiger partial charge in [-0.2, -0.15) is 0 Å². The van der Waals surface area contributed by atoms with E-state index < -0.39 is 0 Å². The van der Waals surface area contributed by atoms with Crippen molar-refractivity contribution < 1.29 is 9.53 Å². The molecule has 0 saturated carbocycles. The highest BCUT2D eigenvalue weighted by atomic mass is 32.1. The van der Waals surface area contributed by atoms with Crippen LogP contribution in [0.4, 0.5) is 10.9 Å². The Morgan fingerprint density at radius 2 is 1.68 bits per heavy atom. The zero-order chi connectivity index (χ0) is 24.1. The summed E-state index contributed by atoms with van der Waals surface area (Å²) in [4.78, 5) is 23.4. The number of anilines is 2. The van der Waals surface area contributed by atoms with Crippen molar-refractivity contribution in [3.8, 4) is 5.75 Å². The largest absolute Gasteiger partial charge is 0.497 e. The van der Waals surface area contributed by atoms with E-state index in [1.54, 1.807) is 18.4 Å². The van der Waals surface area contributed by atoms with Crippen molar-refractivity contribution in [2.75, 3.05) is 17.7 Å². The topological polar surface area (TPSA) is 76.1 Å². The second-order valence-electron chi connectivity index (χ2n) is 8.00. The molecule has 2 aromatic heterocycles. The average molecular weight is 473 g/mol. The summed E-state index contributed by atoms with van der Waals surface area (Å²) in [6.45, 7) is 6.02. The van der Waals surface area contributed by atoms with Gasteiger partial charge in [0.15, 0.2) is 0 Å². The number of rotatable bonds is 8. The number of amides is 1. The molecule has 4 aromatic rings. The van der Waals surface area contributed by atoms with Crippen LogP contribution < -0.4 is 15.4 Å². The van der Waals surface area contributed by atoms with Crippen LogP contribution in [0, 0.1) is 13.8 Å². The Kier molecular flexibility index (Phi) is 7.23. The maximum Gasteiger partial charge on any atom is 0.256 e. The number of methoxy groups -OCH3 is 1. The summed E-state index contributed by atoms with van der Waals surface area (Å²) >= 11 is 1.59. The van der Waals surface area contributed by atoms with E-state index in [9.17, 15) is 4.79 Å². The maximum atomic E-state index is 13.0. The first kappa shape index (κ1) is 23.4. The van der Waals surface area contributed by atoms with Crippen LogP contribution in [0.2, 0.25) is 0 Å². The van der Waals surface area contributed by atoms with Crippen LogP contribution in [-0.4, -0.2) is 23.0 Å². The Morgan fingerprint density at radius 1 is 1.00 bits per heavy atom.